The number of carboxylic acids is 1. The van der Waals surface area contributed by atoms with Gasteiger partial charge in [-0.3, -0.25) is 0 Å². The minimum Gasteiger partial charge on any atom is -0.480 e. The Kier molecular flexibility index (Phi) is 6.23. The van der Waals surface area contributed by atoms with Crippen LogP contribution in [0.1, 0.15) is 26.2 Å². The Labute approximate surface area is 116 Å². The molecule has 1 unspecified atom stereocenters. The Morgan fingerprint density at radius 1 is 1.45 bits per heavy atom. The summed E-state index contributed by atoms with van der Waals surface area (Å²) >= 11 is 0. The lowest BCUT2D eigenvalue weighted by Crippen LogP contribution is -2.51. The molecule has 8 nitrogen and oxygen atoms in total. The van der Waals surface area contributed by atoms with Gasteiger partial charge >= 0.3 is 18.0 Å². The third-order valence-electron chi connectivity index (χ3n) is 3.09. The third kappa shape index (κ3) is 4.09. The summed E-state index contributed by atoms with van der Waals surface area (Å²) in [6.07, 6.45) is 1.08. The number of carbonyl (C=O) groups is 3. The van der Waals surface area contributed by atoms with Crippen molar-refractivity contribution in [3.63, 3.8) is 0 Å². The number of aliphatic hydroxyl groups is 1. The minimum atomic E-state index is -1.22. The van der Waals surface area contributed by atoms with Crippen LogP contribution < -0.4 is 5.32 Å². The van der Waals surface area contributed by atoms with Crippen molar-refractivity contribution in [2.24, 2.45) is 0 Å². The van der Waals surface area contributed by atoms with Gasteiger partial charge in [-0.05, 0) is 19.8 Å². The summed E-state index contributed by atoms with van der Waals surface area (Å²) in [4.78, 5) is 35.9. The first kappa shape index (κ1) is 16.2. The van der Waals surface area contributed by atoms with E-state index in [-0.39, 0.29) is 19.6 Å². The van der Waals surface area contributed by atoms with Gasteiger partial charge in [0.05, 0.1) is 6.61 Å². The molecule has 0 bridgehead atoms. The maximum atomic E-state index is 12.0. The van der Waals surface area contributed by atoms with Gasteiger partial charge in [0.25, 0.3) is 0 Å². The second-order valence-corrected chi connectivity index (χ2v) is 4.46. The van der Waals surface area contributed by atoms with E-state index in [9.17, 15) is 14.4 Å². The average Bonchev–Trinajstić information content (AvgIpc) is 2.87. The van der Waals surface area contributed by atoms with E-state index in [1.807, 2.05) is 0 Å². The summed E-state index contributed by atoms with van der Waals surface area (Å²) in [5, 5.41) is 20.0. The van der Waals surface area contributed by atoms with Crippen LogP contribution >= 0.6 is 0 Å². The summed E-state index contributed by atoms with van der Waals surface area (Å²) in [6.45, 7) is 1.94. The maximum absolute atomic E-state index is 12.0. The SMILES string of the molecule is CCOC(=O)C1CCCN1C(=O)N[C@H](CCO)C(=O)O. The highest BCUT2D eigenvalue weighted by Crippen LogP contribution is 2.18. The van der Waals surface area contributed by atoms with Gasteiger partial charge in [-0.25, -0.2) is 14.4 Å². The molecule has 0 aromatic heterocycles. The van der Waals surface area contributed by atoms with Crippen molar-refractivity contribution in [1.29, 1.82) is 0 Å². The molecule has 0 saturated carbocycles. The molecular weight excluding hydrogens is 268 g/mol. The largest absolute Gasteiger partial charge is 0.480 e. The zero-order valence-corrected chi connectivity index (χ0v) is 11.4. The van der Waals surface area contributed by atoms with Crippen LogP contribution in [-0.2, 0) is 14.3 Å². The lowest BCUT2D eigenvalue weighted by Gasteiger charge is -2.25. The van der Waals surface area contributed by atoms with E-state index in [1.54, 1.807) is 6.92 Å². The molecule has 3 N–H and O–H groups in total. The number of esters is 1. The van der Waals surface area contributed by atoms with E-state index in [1.165, 1.54) is 4.90 Å². The predicted molar refractivity (Wildman–Crippen MR) is 68.0 cm³/mol. The van der Waals surface area contributed by atoms with Gasteiger partial charge < -0.3 is 25.2 Å². The highest BCUT2D eigenvalue weighted by atomic mass is 16.5. The topological polar surface area (TPSA) is 116 Å². The van der Waals surface area contributed by atoms with Crippen LogP contribution in [0.2, 0.25) is 0 Å². The maximum Gasteiger partial charge on any atom is 0.328 e. The van der Waals surface area contributed by atoms with Crippen LogP contribution in [0.5, 0.6) is 0 Å². The molecule has 0 spiro atoms. The Balaban J connectivity index is 2.65. The number of ether oxygens (including phenoxy) is 1. The lowest BCUT2D eigenvalue weighted by atomic mass is 10.2. The van der Waals surface area contributed by atoms with Crippen LogP contribution in [0.4, 0.5) is 4.79 Å². The molecule has 2 amide bonds. The summed E-state index contributed by atoms with van der Waals surface area (Å²) in [6, 6.07) is -2.46. The van der Waals surface area contributed by atoms with Crippen LogP contribution in [0.3, 0.4) is 0 Å². The van der Waals surface area contributed by atoms with Gasteiger partial charge in [0, 0.05) is 19.6 Å². The molecule has 1 fully saturated rings. The molecular formula is C12H20N2O6. The van der Waals surface area contributed by atoms with Crippen LogP contribution in [0.25, 0.3) is 0 Å². The van der Waals surface area contributed by atoms with Gasteiger partial charge in [0.15, 0.2) is 0 Å². The molecule has 114 valence electrons. The third-order valence-corrected chi connectivity index (χ3v) is 3.09. The second-order valence-electron chi connectivity index (χ2n) is 4.46. The zero-order chi connectivity index (χ0) is 15.1. The molecule has 1 saturated heterocycles. The average molecular weight is 288 g/mol. The smallest absolute Gasteiger partial charge is 0.328 e. The standard InChI is InChI=1S/C12H20N2O6/c1-2-20-11(18)9-4-3-6-14(9)12(19)13-8(5-7-15)10(16)17/h8-9,15H,2-7H2,1H3,(H,13,19)(H,16,17)/t8-,9?/m1/s1. The van der Waals surface area contributed by atoms with Crippen LogP contribution in [0, 0.1) is 0 Å². The number of carbonyl (C=O) groups excluding carboxylic acids is 2. The lowest BCUT2D eigenvalue weighted by molar-refractivity contribution is -0.147. The normalized spacial score (nSPS) is 19.5. The summed E-state index contributed by atoms with van der Waals surface area (Å²) < 4.78 is 4.89. The number of urea groups is 1. The van der Waals surface area contributed by atoms with Crippen LogP contribution in [-0.4, -0.2) is 64.9 Å². The molecule has 0 aliphatic carbocycles. The molecule has 2 atom stereocenters. The molecule has 1 aliphatic heterocycles. The van der Waals surface area contributed by atoms with Gasteiger partial charge in [-0.1, -0.05) is 0 Å². The number of aliphatic carboxylic acids is 1. The van der Waals surface area contributed by atoms with Gasteiger partial charge in [0.1, 0.15) is 12.1 Å². The highest BCUT2D eigenvalue weighted by Gasteiger charge is 2.36. The van der Waals surface area contributed by atoms with E-state index in [4.69, 9.17) is 14.9 Å². The number of amides is 2. The Hall–Kier alpha value is -1.83. The molecule has 1 aliphatic rings. The Morgan fingerprint density at radius 2 is 2.15 bits per heavy atom. The van der Waals surface area contributed by atoms with Crippen molar-refractivity contribution in [3.05, 3.63) is 0 Å². The van der Waals surface area contributed by atoms with Gasteiger partial charge in [-0.2, -0.15) is 0 Å². The monoisotopic (exact) mass is 288 g/mol. The summed E-state index contributed by atoms with van der Waals surface area (Å²) in [5.41, 5.74) is 0. The van der Waals surface area contributed by atoms with Crippen molar-refractivity contribution in [2.75, 3.05) is 19.8 Å². The van der Waals surface area contributed by atoms with E-state index in [0.717, 1.165) is 0 Å². The number of aliphatic hydroxyl groups excluding tert-OH is 1. The first-order chi connectivity index (χ1) is 9.51. The van der Waals surface area contributed by atoms with Crippen molar-refractivity contribution >= 4 is 18.0 Å². The highest BCUT2D eigenvalue weighted by molar-refractivity contribution is 5.87. The van der Waals surface area contributed by atoms with E-state index < -0.39 is 30.1 Å². The van der Waals surface area contributed by atoms with Crippen molar-refractivity contribution in [1.82, 2.24) is 10.2 Å². The van der Waals surface area contributed by atoms with E-state index >= 15 is 0 Å². The number of rotatable bonds is 6. The Morgan fingerprint density at radius 3 is 2.70 bits per heavy atom. The van der Waals surface area contributed by atoms with Crippen molar-refractivity contribution in [2.45, 2.75) is 38.3 Å². The van der Waals surface area contributed by atoms with Crippen molar-refractivity contribution in [3.8, 4) is 0 Å². The minimum absolute atomic E-state index is 0.0843. The quantitative estimate of drug-likeness (QED) is 0.570. The molecule has 0 aromatic rings. The van der Waals surface area contributed by atoms with Crippen LogP contribution in [0.15, 0.2) is 0 Å². The number of nitrogens with zero attached hydrogens (tertiary/aromatic N) is 1. The van der Waals surface area contributed by atoms with Gasteiger partial charge in [-0.15, -0.1) is 0 Å². The number of hydrogen-bond acceptors (Lipinski definition) is 5. The molecule has 20 heavy (non-hydrogen) atoms. The van der Waals surface area contributed by atoms with Crippen molar-refractivity contribution < 1.29 is 29.3 Å². The molecule has 0 radical (unpaired) electrons. The number of carboxylic acid groups (broad SMARTS) is 1. The number of hydrogen-bond donors (Lipinski definition) is 3. The molecule has 1 heterocycles. The molecule has 0 aromatic carbocycles. The Bertz CT molecular complexity index is 373. The summed E-state index contributed by atoms with van der Waals surface area (Å²) in [7, 11) is 0. The first-order valence-electron chi connectivity index (χ1n) is 6.58. The number of nitrogens with one attached hydrogen (secondary N) is 1. The molecule has 8 heteroatoms. The fourth-order valence-corrected chi connectivity index (χ4v) is 2.11. The zero-order valence-electron chi connectivity index (χ0n) is 11.4. The second kappa shape index (κ2) is 7.68. The van der Waals surface area contributed by atoms with E-state index in [0.29, 0.717) is 19.4 Å². The number of likely N-dealkylation sites (tertiary alicyclic amines) is 1. The summed E-state index contributed by atoms with van der Waals surface area (Å²) in [5.74, 6) is -1.70. The fourth-order valence-electron chi connectivity index (χ4n) is 2.11. The van der Waals surface area contributed by atoms with E-state index in [2.05, 4.69) is 5.32 Å². The van der Waals surface area contributed by atoms with Gasteiger partial charge in [0.2, 0.25) is 0 Å². The first-order valence-corrected chi connectivity index (χ1v) is 6.58. The molecule has 1 rings (SSSR count). The fraction of sp³-hybridized carbons (Fsp3) is 0.750. The predicted octanol–water partition coefficient (Wildman–Crippen LogP) is -0.441.